The quantitative estimate of drug-likeness (QED) is 0.633. The van der Waals surface area contributed by atoms with E-state index in [4.69, 9.17) is 0 Å². The number of hydrogen-bond donors (Lipinski definition) is 0. The highest BCUT2D eigenvalue weighted by molar-refractivity contribution is 9.10. The van der Waals surface area contributed by atoms with Crippen LogP contribution in [0.15, 0.2) is 65.3 Å². The molecule has 0 atom stereocenters. The molecule has 0 fully saturated rings. The Morgan fingerprint density at radius 2 is 1.65 bits per heavy atom. The van der Waals surface area contributed by atoms with E-state index in [2.05, 4.69) is 57.3 Å². The number of nitrogens with zero attached hydrogens (tertiary/aromatic N) is 1. The van der Waals surface area contributed by atoms with Crippen LogP contribution >= 0.6 is 15.9 Å². The van der Waals surface area contributed by atoms with Gasteiger partial charge in [-0.05, 0) is 23.6 Å². The van der Waals surface area contributed by atoms with Crippen LogP contribution in [-0.2, 0) is 0 Å². The molecular formula is C15H10BrN. The molecule has 0 aliphatic heterocycles. The molecule has 0 amide bonds. The first-order valence-electron chi connectivity index (χ1n) is 5.45. The van der Waals surface area contributed by atoms with Gasteiger partial charge in [0.05, 0.1) is 5.69 Å². The Hall–Kier alpha value is -1.67. The topological polar surface area (TPSA) is 12.9 Å². The fraction of sp³-hybridized carbons (Fsp3) is 0. The second-order valence-electron chi connectivity index (χ2n) is 3.86. The summed E-state index contributed by atoms with van der Waals surface area (Å²) in [6.07, 6.45) is 1.82. The summed E-state index contributed by atoms with van der Waals surface area (Å²) >= 11 is 3.62. The molecule has 0 aliphatic rings. The van der Waals surface area contributed by atoms with Crippen LogP contribution in [0.3, 0.4) is 0 Å². The molecule has 1 aromatic heterocycles. The fourth-order valence-corrected chi connectivity index (χ4v) is 2.63. The monoisotopic (exact) mass is 283 g/mol. The average molecular weight is 284 g/mol. The van der Waals surface area contributed by atoms with Gasteiger partial charge < -0.3 is 0 Å². The maximum absolute atomic E-state index is 4.42. The smallest absolute Gasteiger partial charge is 0.0708 e. The molecule has 2 aromatic carbocycles. The van der Waals surface area contributed by atoms with E-state index >= 15 is 0 Å². The molecule has 17 heavy (non-hydrogen) atoms. The maximum Gasteiger partial charge on any atom is 0.0708 e. The predicted octanol–water partition coefficient (Wildman–Crippen LogP) is 4.66. The van der Waals surface area contributed by atoms with E-state index in [1.807, 2.05) is 24.4 Å². The van der Waals surface area contributed by atoms with Crippen LogP contribution in [0.5, 0.6) is 0 Å². The molecule has 0 unspecified atom stereocenters. The zero-order chi connectivity index (χ0) is 11.7. The van der Waals surface area contributed by atoms with Crippen LogP contribution in [0.1, 0.15) is 0 Å². The molecule has 1 heterocycles. The highest BCUT2D eigenvalue weighted by Gasteiger charge is 2.06. The first-order chi connectivity index (χ1) is 8.36. The largest absolute Gasteiger partial charge is 0.256 e. The lowest BCUT2D eigenvalue weighted by Crippen LogP contribution is -1.85. The lowest BCUT2D eigenvalue weighted by molar-refractivity contribution is 1.33. The van der Waals surface area contributed by atoms with Crippen LogP contribution in [-0.4, -0.2) is 4.98 Å². The van der Waals surface area contributed by atoms with E-state index in [9.17, 15) is 0 Å². The summed E-state index contributed by atoms with van der Waals surface area (Å²) in [7, 11) is 0. The van der Waals surface area contributed by atoms with Crippen LogP contribution < -0.4 is 0 Å². The van der Waals surface area contributed by atoms with Crippen molar-refractivity contribution in [3.05, 3.63) is 65.3 Å². The maximum atomic E-state index is 4.42. The Labute approximate surface area is 108 Å². The second-order valence-corrected chi connectivity index (χ2v) is 4.71. The molecule has 0 bridgehead atoms. The Balaban J connectivity index is 2.38. The molecule has 0 saturated heterocycles. The number of hydrogen-bond acceptors (Lipinski definition) is 1. The highest BCUT2D eigenvalue weighted by Crippen LogP contribution is 2.32. The van der Waals surface area contributed by atoms with Gasteiger partial charge in [0.1, 0.15) is 0 Å². The second kappa shape index (κ2) is 4.30. The first kappa shape index (κ1) is 10.5. The lowest BCUT2D eigenvalue weighted by atomic mass is 10.0. The third kappa shape index (κ3) is 1.85. The van der Waals surface area contributed by atoms with Crippen molar-refractivity contribution >= 4 is 26.7 Å². The van der Waals surface area contributed by atoms with Crippen molar-refractivity contribution in [2.24, 2.45) is 0 Å². The van der Waals surface area contributed by atoms with E-state index in [-0.39, 0.29) is 0 Å². The highest BCUT2D eigenvalue weighted by atomic mass is 79.9. The normalized spacial score (nSPS) is 10.6. The number of halogens is 1. The van der Waals surface area contributed by atoms with Gasteiger partial charge in [-0.3, -0.25) is 4.98 Å². The lowest BCUT2D eigenvalue weighted by Gasteiger charge is -2.07. The van der Waals surface area contributed by atoms with Crippen LogP contribution in [0.2, 0.25) is 0 Å². The van der Waals surface area contributed by atoms with Crippen molar-refractivity contribution in [3.8, 4) is 11.3 Å². The van der Waals surface area contributed by atoms with Gasteiger partial charge in [-0.2, -0.15) is 0 Å². The van der Waals surface area contributed by atoms with Crippen molar-refractivity contribution in [3.63, 3.8) is 0 Å². The predicted molar refractivity (Wildman–Crippen MR) is 74.9 cm³/mol. The van der Waals surface area contributed by atoms with E-state index in [0.717, 1.165) is 15.7 Å². The molecule has 0 aliphatic carbocycles. The molecular weight excluding hydrogens is 274 g/mol. The zero-order valence-electron chi connectivity index (χ0n) is 9.10. The van der Waals surface area contributed by atoms with Crippen molar-refractivity contribution in [1.29, 1.82) is 0 Å². The van der Waals surface area contributed by atoms with Crippen molar-refractivity contribution in [1.82, 2.24) is 4.98 Å². The third-order valence-corrected chi connectivity index (χ3v) is 3.46. The van der Waals surface area contributed by atoms with Gasteiger partial charge in [-0.25, -0.2) is 0 Å². The summed E-state index contributed by atoms with van der Waals surface area (Å²) in [6.45, 7) is 0. The Bertz CT molecular complexity index is 657. The van der Waals surface area contributed by atoms with Gasteiger partial charge >= 0.3 is 0 Å². The summed E-state index contributed by atoms with van der Waals surface area (Å²) in [5.74, 6) is 0. The van der Waals surface area contributed by atoms with Crippen molar-refractivity contribution in [2.75, 3.05) is 0 Å². The molecule has 0 spiro atoms. The Morgan fingerprint density at radius 3 is 2.41 bits per heavy atom. The van der Waals surface area contributed by atoms with E-state index < -0.39 is 0 Å². The minimum absolute atomic E-state index is 1.00. The Morgan fingerprint density at radius 1 is 0.824 bits per heavy atom. The summed E-state index contributed by atoms with van der Waals surface area (Å²) in [6, 6.07) is 18.5. The number of benzene rings is 2. The Kier molecular flexibility index (Phi) is 2.65. The average Bonchev–Trinajstić information content (AvgIpc) is 2.39. The van der Waals surface area contributed by atoms with Crippen molar-refractivity contribution < 1.29 is 0 Å². The molecule has 82 valence electrons. The zero-order valence-corrected chi connectivity index (χ0v) is 10.7. The van der Waals surface area contributed by atoms with Crippen LogP contribution in [0.4, 0.5) is 0 Å². The molecule has 3 rings (SSSR count). The number of rotatable bonds is 1. The number of aromatic nitrogens is 1. The number of pyridine rings is 1. The summed E-state index contributed by atoms with van der Waals surface area (Å²) in [5, 5.41) is 2.44. The van der Waals surface area contributed by atoms with Crippen LogP contribution in [0, 0.1) is 0 Å². The summed E-state index contributed by atoms with van der Waals surface area (Å²) < 4.78 is 1.11. The minimum atomic E-state index is 1.00. The number of fused-ring (bicyclic) bond motifs is 1. The van der Waals surface area contributed by atoms with Gasteiger partial charge in [0.25, 0.3) is 0 Å². The first-order valence-corrected chi connectivity index (χ1v) is 6.24. The van der Waals surface area contributed by atoms with Crippen molar-refractivity contribution in [2.45, 2.75) is 0 Å². The standard InChI is InChI=1S/C15H10BrN/c16-13-8-4-6-11-5-3-7-12(15(11)13)14-9-1-2-10-17-14/h1-10H. The SMILES string of the molecule is Brc1cccc2cccc(-c3ccccn3)c12. The molecule has 2 heteroatoms. The van der Waals surface area contributed by atoms with Gasteiger partial charge in [-0.15, -0.1) is 0 Å². The fourth-order valence-electron chi connectivity index (χ4n) is 2.03. The van der Waals surface area contributed by atoms with Gasteiger partial charge in [-0.1, -0.05) is 52.3 Å². The summed E-state index contributed by atoms with van der Waals surface area (Å²) in [4.78, 5) is 4.42. The van der Waals surface area contributed by atoms with Crippen LogP contribution in [0.25, 0.3) is 22.0 Å². The molecule has 1 nitrogen and oxygen atoms in total. The van der Waals surface area contributed by atoms with E-state index in [0.29, 0.717) is 0 Å². The molecule has 0 saturated carbocycles. The van der Waals surface area contributed by atoms with E-state index in [1.165, 1.54) is 10.8 Å². The summed E-state index contributed by atoms with van der Waals surface area (Å²) in [5.41, 5.74) is 2.17. The molecule has 0 radical (unpaired) electrons. The van der Waals surface area contributed by atoms with E-state index in [1.54, 1.807) is 0 Å². The van der Waals surface area contributed by atoms with Gasteiger partial charge in [0.2, 0.25) is 0 Å². The van der Waals surface area contributed by atoms with Gasteiger partial charge in [0, 0.05) is 21.6 Å². The molecule has 0 N–H and O–H groups in total. The molecule has 3 aromatic rings. The third-order valence-electron chi connectivity index (χ3n) is 2.79. The minimum Gasteiger partial charge on any atom is -0.256 e. The van der Waals surface area contributed by atoms with Gasteiger partial charge in [0.15, 0.2) is 0 Å².